The molecule has 0 atom stereocenters. The number of hydrogen-bond donors (Lipinski definition) is 1. The summed E-state index contributed by atoms with van der Waals surface area (Å²) in [6.45, 7) is 2.04. The molecular weight excluding hydrogens is 314 g/mol. The van der Waals surface area contributed by atoms with Gasteiger partial charge in [-0.1, -0.05) is 53.8 Å². The fourth-order valence-corrected chi connectivity index (χ4v) is 3.22. The van der Waals surface area contributed by atoms with Crippen molar-refractivity contribution < 1.29 is 4.79 Å². The average molecular weight is 326 g/mol. The zero-order valence-electron chi connectivity index (χ0n) is 10.7. The molecule has 20 heavy (non-hydrogen) atoms. The summed E-state index contributed by atoms with van der Waals surface area (Å²) in [5, 5.41) is 11.7. The van der Waals surface area contributed by atoms with E-state index in [4.69, 9.17) is 11.6 Å². The lowest BCUT2D eigenvalue weighted by atomic mass is 10.2. The minimum absolute atomic E-state index is 0.242. The summed E-state index contributed by atoms with van der Waals surface area (Å²) in [7, 11) is 0. The number of halogens is 1. The summed E-state index contributed by atoms with van der Waals surface area (Å²) in [5.74, 6) is 0.686. The number of thioether (sulfide) groups is 1. The van der Waals surface area contributed by atoms with Crippen molar-refractivity contribution in [1.82, 2.24) is 10.2 Å². The largest absolute Gasteiger partial charge is 0.297 e. The summed E-state index contributed by atoms with van der Waals surface area (Å²) >= 11 is 8.83. The molecule has 0 bridgehead atoms. The van der Waals surface area contributed by atoms with Crippen LogP contribution in [0.25, 0.3) is 6.08 Å². The van der Waals surface area contributed by atoms with E-state index in [9.17, 15) is 4.79 Å². The van der Waals surface area contributed by atoms with Crippen LogP contribution in [-0.4, -0.2) is 21.9 Å². The fourth-order valence-electron chi connectivity index (χ4n) is 1.37. The molecule has 4 nitrogen and oxygen atoms in total. The van der Waals surface area contributed by atoms with E-state index in [2.05, 4.69) is 15.5 Å². The van der Waals surface area contributed by atoms with Crippen molar-refractivity contribution in [3.05, 3.63) is 40.9 Å². The number of nitrogens with one attached hydrogen (secondary N) is 1. The van der Waals surface area contributed by atoms with E-state index in [0.29, 0.717) is 10.2 Å². The van der Waals surface area contributed by atoms with Gasteiger partial charge in [0.05, 0.1) is 0 Å². The average Bonchev–Trinajstić information content (AvgIpc) is 2.84. The van der Waals surface area contributed by atoms with Crippen LogP contribution in [0.5, 0.6) is 0 Å². The second-order valence-corrected chi connectivity index (χ2v) is 6.61. The van der Waals surface area contributed by atoms with Gasteiger partial charge in [-0.2, -0.15) is 0 Å². The van der Waals surface area contributed by atoms with Gasteiger partial charge >= 0.3 is 0 Å². The monoisotopic (exact) mass is 325 g/mol. The topological polar surface area (TPSA) is 54.9 Å². The highest BCUT2D eigenvalue weighted by molar-refractivity contribution is 8.01. The van der Waals surface area contributed by atoms with E-state index >= 15 is 0 Å². The summed E-state index contributed by atoms with van der Waals surface area (Å²) < 4.78 is 0.849. The maximum absolute atomic E-state index is 11.7. The number of anilines is 1. The predicted molar refractivity (Wildman–Crippen MR) is 85.4 cm³/mol. The van der Waals surface area contributed by atoms with E-state index < -0.39 is 0 Å². The fraction of sp³-hybridized carbons (Fsp3) is 0.154. The highest BCUT2D eigenvalue weighted by atomic mass is 35.5. The summed E-state index contributed by atoms with van der Waals surface area (Å²) in [5.41, 5.74) is 0.868. The molecule has 0 aliphatic heterocycles. The zero-order valence-corrected chi connectivity index (χ0v) is 13.1. The maximum Gasteiger partial charge on any atom is 0.250 e. The molecule has 1 N–H and O–H groups in total. The SMILES string of the molecule is CCSc1nnc(NC(=O)C=Cc2cccc(Cl)c2)s1. The Bertz CT molecular complexity index is 628. The van der Waals surface area contributed by atoms with Crippen molar-refractivity contribution in [3.63, 3.8) is 0 Å². The molecule has 0 aliphatic carbocycles. The van der Waals surface area contributed by atoms with Crippen LogP contribution in [0.2, 0.25) is 5.02 Å². The van der Waals surface area contributed by atoms with E-state index in [1.54, 1.807) is 30.0 Å². The molecule has 104 valence electrons. The molecule has 7 heteroatoms. The molecule has 0 fully saturated rings. The van der Waals surface area contributed by atoms with E-state index in [0.717, 1.165) is 15.7 Å². The van der Waals surface area contributed by atoms with E-state index in [1.165, 1.54) is 17.4 Å². The standard InChI is InChI=1S/C13H12ClN3OS2/c1-2-19-13-17-16-12(20-13)15-11(18)7-6-9-4-3-5-10(14)8-9/h3-8H,2H2,1H3,(H,15,16,18). The normalized spacial score (nSPS) is 10.9. The molecule has 1 heterocycles. The highest BCUT2D eigenvalue weighted by Crippen LogP contribution is 2.24. The van der Waals surface area contributed by atoms with Crippen molar-refractivity contribution in [2.75, 3.05) is 11.1 Å². The molecule has 0 aliphatic rings. The van der Waals surface area contributed by atoms with Crippen LogP contribution < -0.4 is 5.32 Å². The maximum atomic E-state index is 11.7. The van der Waals surface area contributed by atoms with Crippen molar-refractivity contribution in [2.24, 2.45) is 0 Å². The van der Waals surface area contributed by atoms with Gasteiger partial charge in [0.2, 0.25) is 11.0 Å². The summed E-state index contributed by atoms with van der Waals surface area (Å²) in [4.78, 5) is 11.7. The number of amides is 1. The Hall–Kier alpha value is -1.37. The third-order valence-electron chi connectivity index (χ3n) is 2.18. The first kappa shape index (κ1) is 15.0. The van der Waals surface area contributed by atoms with Gasteiger partial charge in [0.25, 0.3) is 0 Å². The molecule has 2 aromatic rings. The van der Waals surface area contributed by atoms with Gasteiger partial charge in [-0.05, 0) is 29.5 Å². The van der Waals surface area contributed by atoms with Gasteiger partial charge in [-0.3, -0.25) is 10.1 Å². The first-order chi connectivity index (χ1) is 9.67. The number of carbonyl (C=O) groups is 1. The Morgan fingerprint density at radius 2 is 2.35 bits per heavy atom. The number of nitrogens with zero attached hydrogens (tertiary/aromatic N) is 2. The van der Waals surface area contributed by atoms with Crippen LogP contribution >= 0.6 is 34.7 Å². The highest BCUT2D eigenvalue weighted by Gasteiger charge is 2.05. The lowest BCUT2D eigenvalue weighted by Crippen LogP contribution is -2.07. The van der Waals surface area contributed by atoms with Gasteiger partial charge in [0, 0.05) is 11.1 Å². The van der Waals surface area contributed by atoms with Crippen molar-refractivity contribution in [2.45, 2.75) is 11.3 Å². The second-order valence-electron chi connectivity index (χ2n) is 3.68. The van der Waals surface area contributed by atoms with Crippen LogP contribution in [0.3, 0.4) is 0 Å². The van der Waals surface area contributed by atoms with Crippen molar-refractivity contribution in [1.29, 1.82) is 0 Å². The molecule has 0 saturated carbocycles. The molecule has 0 unspecified atom stereocenters. The Morgan fingerprint density at radius 1 is 1.50 bits per heavy atom. The number of hydrogen-bond acceptors (Lipinski definition) is 5. The number of aromatic nitrogens is 2. The Morgan fingerprint density at radius 3 is 3.10 bits per heavy atom. The van der Waals surface area contributed by atoms with E-state index in [-0.39, 0.29) is 5.91 Å². The molecule has 2 rings (SSSR count). The van der Waals surface area contributed by atoms with Gasteiger partial charge < -0.3 is 0 Å². The van der Waals surface area contributed by atoms with Crippen molar-refractivity contribution >= 4 is 51.8 Å². The third-order valence-corrected chi connectivity index (χ3v) is 4.27. The molecule has 0 saturated heterocycles. The first-order valence-corrected chi connectivity index (χ1v) is 8.06. The zero-order chi connectivity index (χ0) is 14.4. The van der Waals surface area contributed by atoms with Crippen LogP contribution in [0.15, 0.2) is 34.7 Å². The molecule has 0 spiro atoms. The molecule has 1 aromatic carbocycles. The van der Waals surface area contributed by atoms with Crippen LogP contribution in [0.1, 0.15) is 12.5 Å². The van der Waals surface area contributed by atoms with Gasteiger partial charge in [-0.15, -0.1) is 10.2 Å². The van der Waals surface area contributed by atoms with Gasteiger partial charge in [0.1, 0.15) is 0 Å². The van der Waals surface area contributed by atoms with E-state index in [1.807, 2.05) is 19.1 Å². The van der Waals surface area contributed by atoms with Gasteiger partial charge in [-0.25, -0.2) is 0 Å². The molecule has 1 amide bonds. The Balaban J connectivity index is 1.94. The Labute approximate surface area is 130 Å². The third kappa shape index (κ3) is 4.63. The van der Waals surface area contributed by atoms with Crippen LogP contribution in [0, 0.1) is 0 Å². The lowest BCUT2D eigenvalue weighted by molar-refractivity contribution is -0.111. The molecule has 1 aromatic heterocycles. The second kappa shape index (κ2) is 7.42. The van der Waals surface area contributed by atoms with Crippen LogP contribution in [-0.2, 0) is 4.79 Å². The Kier molecular flexibility index (Phi) is 5.58. The quantitative estimate of drug-likeness (QED) is 0.513. The number of benzene rings is 1. The first-order valence-electron chi connectivity index (χ1n) is 5.88. The summed E-state index contributed by atoms with van der Waals surface area (Å²) in [6.07, 6.45) is 3.14. The van der Waals surface area contributed by atoms with Crippen molar-refractivity contribution in [3.8, 4) is 0 Å². The smallest absolute Gasteiger partial charge is 0.250 e. The molecule has 0 radical (unpaired) electrons. The number of rotatable bonds is 5. The van der Waals surface area contributed by atoms with Crippen LogP contribution in [0.4, 0.5) is 5.13 Å². The minimum atomic E-state index is -0.242. The number of carbonyl (C=O) groups excluding carboxylic acids is 1. The lowest BCUT2D eigenvalue weighted by Gasteiger charge is -1.96. The summed E-state index contributed by atoms with van der Waals surface area (Å²) in [6, 6.07) is 7.27. The minimum Gasteiger partial charge on any atom is -0.297 e. The molecular formula is C13H12ClN3OS2. The predicted octanol–water partition coefficient (Wildman–Crippen LogP) is 3.96. The van der Waals surface area contributed by atoms with Gasteiger partial charge in [0.15, 0.2) is 4.34 Å².